The van der Waals surface area contributed by atoms with Crippen molar-refractivity contribution >= 4 is 30.3 Å². The zero-order valence-electron chi connectivity index (χ0n) is 18.9. The van der Waals surface area contributed by atoms with Crippen LogP contribution in [0.25, 0.3) is 0 Å². The van der Waals surface area contributed by atoms with Gasteiger partial charge in [0.15, 0.2) is 12.7 Å². The van der Waals surface area contributed by atoms with Gasteiger partial charge in [0, 0.05) is 50.8 Å². The molecule has 178 valence electrons. The summed E-state index contributed by atoms with van der Waals surface area (Å²) in [5.41, 5.74) is 2.60. The lowest BCUT2D eigenvalue weighted by atomic mass is 10.2. The number of piperazine rings is 1. The van der Waals surface area contributed by atoms with Crippen LogP contribution in [-0.4, -0.2) is 67.5 Å². The van der Waals surface area contributed by atoms with Crippen molar-refractivity contribution in [2.45, 2.75) is 6.10 Å². The number of benzene rings is 2. The standard InChI is InChI=1S/C26H28N4O3.ClH/c31-26(23-10-7-13-27-19-23)33-25(21-32-28-18-22-8-3-1-4-9-22)20-29-14-16-30(17-15-29)24-11-5-2-6-12-24;/h1-13,18-19,25H,14-17,20-21H2;1H/b28-18-;. The van der Waals surface area contributed by atoms with E-state index in [0.717, 1.165) is 31.7 Å². The number of hydrogen-bond donors (Lipinski definition) is 0. The summed E-state index contributed by atoms with van der Waals surface area (Å²) in [6, 6.07) is 23.5. The van der Waals surface area contributed by atoms with Crippen LogP contribution in [0.1, 0.15) is 15.9 Å². The summed E-state index contributed by atoms with van der Waals surface area (Å²) in [5, 5.41) is 4.05. The lowest BCUT2D eigenvalue weighted by Crippen LogP contribution is -2.49. The Morgan fingerprint density at radius 1 is 0.971 bits per heavy atom. The number of rotatable bonds is 9. The number of hydrogen-bond acceptors (Lipinski definition) is 7. The Morgan fingerprint density at radius 2 is 1.68 bits per heavy atom. The van der Waals surface area contributed by atoms with E-state index in [2.05, 4.69) is 44.2 Å². The largest absolute Gasteiger partial charge is 0.454 e. The molecule has 1 unspecified atom stereocenters. The molecule has 0 N–H and O–H groups in total. The lowest BCUT2D eigenvalue weighted by Gasteiger charge is -2.37. The van der Waals surface area contributed by atoms with E-state index in [1.165, 1.54) is 11.9 Å². The van der Waals surface area contributed by atoms with Crippen molar-refractivity contribution < 1.29 is 14.4 Å². The number of anilines is 1. The number of aromatic nitrogens is 1. The summed E-state index contributed by atoms with van der Waals surface area (Å²) in [7, 11) is 0. The third kappa shape index (κ3) is 7.57. The molecule has 1 saturated heterocycles. The molecule has 8 heteroatoms. The van der Waals surface area contributed by atoms with Crippen molar-refractivity contribution in [3.63, 3.8) is 0 Å². The molecule has 0 radical (unpaired) electrons. The van der Waals surface area contributed by atoms with Crippen LogP contribution < -0.4 is 4.90 Å². The molecular weight excluding hydrogens is 452 g/mol. The van der Waals surface area contributed by atoms with Gasteiger partial charge >= 0.3 is 5.97 Å². The van der Waals surface area contributed by atoms with Crippen molar-refractivity contribution in [2.75, 3.05) is 44.2 Å². The maximum atomic E-state index is 12.6. The van der Waals surface area contributed by atoms with E-state index < -0.39 is 12.1 Å². The van der Waals surface area contributed by atoms with Crippen molar-refractivity contribution in [3.05, 3.63) is 96.3 Å². The minimum Gasteiger partial charge on any atom is -0.454 e. The van der Waals surface area contributed by atoms with Gasteiger partial charge in [-0.15, -0.1) is 12.4 Å². The lowest BCUT2D eigenvalue weighted by molar-refractivity contribution is -0.0155. The van der Waals surface area contributed by atoms with Crippen LogP contribution >= 0.6 is 12.4 Å². The Bertz CT molecular complexity index is 1010. The first kappa shape index (κ1) is 25.2. The predicted octanol–water partition coefficient (Wildman–Crippen LogP) is 3.90. The predicted molar refractivity (Wildman–Crippen MR) is 136 cm³/mol. The second kappa shape index (κ2) is 13.3. The molecule has 0 amide bonds. The number of pyridine rings is 1. The van der Waals surface area contributed by atoms with E-state index in [0.29, 0.717) is 12.1 Å². The van der Waals surface area contributed by atoms with Gasteiger partial charge in [0.2, 0.25) is 0 Å². The first-order valence-electron chi connectivity index (χ1n) is 11.1. The fourth-order valence-electron chi connectivity index (χ4n) is 3.71. The fraction of sp³-hybridized carbons (Fsp3) is 0.269. The number of oxime groups is 1. The molecular formula is C26H29ClN4O3. The van der Waals surface area contributed by atoms with E-state index in [-0.39, 0.29) is 19.0 Å². The number of para-hydroxylation sites is 1. The number of esters is 1. The third-order valence-corrected chi connectivity index (χ3v) is 5.46. The smallest absolute Gasteiger partial charge is 0.340 e. The van der Waals surface area contributed by atoms with Crippen LogP contribution in [0.4, 0.5) is 5.69 Å². The van der Waals surface area contributed by atoms with Crippen molar-refractivity contribution in [1.29, 1.82) is 0 Å². The van der Waals surface area contributed by atoms with Gasteiger partial charge in [-0.1, -0.05) is 53.7 Å². The second-order valence-electron chi connectivity index (χ2n) is 7.83. The average Bonchev–Trinajstić information content (AvgIpc) is 2.88. The van der Waals surface area contributed by atoms with Gasteiger partial charge in [-0.2, -0.15) is 0 Å². The number of carbonyl (C=O) groups is 1. The molecule has 7 nitrogen and oxygen atoms in total. The summed E-state index contributed by atoms with van der Waals surface area (Å²) in [5.74, 6) is -0.410. The molecule has 1 aliphatic rings. The zero-order chi connectivity index (χ0) is 22.7. The average molecular weight is 481 g/mol. The molecule has 0 bridgehead atoms. The maximum Gasteiger partial charge on any atom is 0.340 e. The highest BCUT2D eigenvalue weighted by molar-refractivity contribution is 5.89. The van der Waals surface area contributed by atoms with Gasteiger partial charge in [0.25, 0.3) is 0 Å². The Morgan fingerprint density at radius 3 is 2.35 bits per heavy atom. The molecule has 0 saturated carbocycles. The van der Waals surface area contributed by atoms with Gasteiger partial charge in [-0.05, 0) is 29.8 Å². The Labute approximate surface area is 206 Å². The van der Waals surface area contributed by atoms with Crippen LogP contribution in [0.3, 0.4) is 0 Å². The van der Waals surface area contributed by atoms with Gasteiger partial charge in [-0.25, -0.2) is 4.79 Å². The van der Waals surface area contributed by atoms with Crippen molar-refractivity contribution in [2.24, 2.45) is 5.16 Å². The Hall–Kier alpha value is -3.42. The highest BCUT2D eigenvalue weighted by Crippen LogP contribution is 2.16. The first-order valence-corrected chi connectivity index (χ1v) is 11.1. The monoisotopic (exact) mass is 480 g/mol. The van der Waals surface area contributed by atoms with Gasteiger partial charge in [0.05, 0.1) is 11.8 Å². The van der Waals surface area contributed by atoms with Gasteiger partial charge in [0.1, 0.15) is 0 Å². The maximum absolute atomic E-state index is 12.6. The molecule has 4 rings (SSSR count). The van der Waals surface area contributed by atoms with Gasteiger partial charge in [-0.3, -0.25) is 9.88 Å². The molecule has 1 fully saturated rings. The van der Waals surface area contributed by atoms with Crippen molar-refractivity contribution in [3.8, 4) is 0 Å². The number of ether oxygens (including phenoxy) is 1. The molecule has 0 aliphatic carbocycles. The first-order chi connectivity index (χ1) is 16.3. The quantitative estimate of drug-likeness (QED) is 0.263. The summed E-state index contributed by atoms with van der Waals surface area (Å²) in [6.07, 6.45) is 4.33. The second-order valence-corrected chi connectivity index (χ2v) is 7.83. The highest BCUT2D eigenvalue weighted by Gasteiger charge is 2.24. The molecule has 0 spiro atoms. The van der Waals surface area contributed by atoms with Crippen molar-refractivity contribution in [1.82, 2.24) is 9.88 Å². The SMILES string of the molecule is Cl.O=C(OC(CO/N=C\c1ccccc1)CN1CCN(c2ccccc2)CC1)c1cccnc1. The Balaban J connectivity index is 0.00000324. The number of carbonyl (C=O) groups excluding carboxylic acids is 1. The van der Waals surface area contributed by atoms with E-state index in [9.17, 15) is 4.79 Å². The van der Waals surface area contributed by atoms with Gasteiger partial charge < -0.3 is 14.5 Å². The summed E-state index contributed by atoms with van der Waals surface area (Å²) in [4.78, 5) is 26.8. The van der Waals surface area contributed by atoms with Crippen LogP contribution in [0, 0.1) is 0 Å². The minimum atomic E-state index is -0.450. The highest BCUT2D eigenvalue weighted by atomic mass is 35.5. The zero-order valence-corrected chi connectivity index (χ0v) is 19.7. The summed E-state index contributed by atoms with van der Waals surface area (Å²) >= 11 is 0. The molecule has 1 atom stereocenters. The fourth-order valence-corrected chi connectivity index (χ4v) is 3.71. The number of nitrogens with zero attached hydrogens (tertiary/aromatic N) is 4. The molecule has 1 aliphatic heterocycles. The van der Waals surface area contributed by atoms with Crippen LogP contribution in [0.2, 0.25) is 0 Å². The van der Waals surface area contributed by atoms with E-state index >= 15 is 0 Å². The molecule has 2 heterocycles. The van der Waals surface area contributed by atoms with E-state index in [1.54, 1.807) is 24.5 Å². The van der Waals surface area contributed by atoms with Crippen LogP contribution in [-0.2, 0) is 9.57 Å². The Kier molecular flexibility index (Phi) is 9.88. The molecule has 34 heavy (non-hydrogen) atoms. The molecule has 1 aromatic heterocycles. The third-order valence-electron chi connectivity index (χ3n) is 5.46. The topological polar surface area (TPSA) is 67.3 Å². The number of halogens is 1. The molecule has 2 aromatic carbocycles. The minimum absolute atomic E-state index is 0. The summed E-state index contributed by atoms with van der Waals surface area (Å²) < 4.78 is 5.77. The normalized spacial score (nSPS) is 14.9. The summed E-state index contributed by atoms with van der Waals surface area (Å²) in [6.45, 7) is 4.34. The van der Waals surface area contributed by atoms with Crippen LogP contribution in [0.5, 0.6) is 0 Å². The van der Waals surface area contributed by atoms with E-state index in [1.807, 2.05) is 36.4 Å². The van der Waals surface area contributed by atoms with E-state index in [4.69, 9.17) is 9.57 Å². The molecule has 3 aromatic rings. The van der Waals surface area contributed by atoms with Crippen LogP contribution in [0.15, 0.2) is 90.3 Å².